The van der Waals surface area contributed by atoms with Gasteiger partial charge in [0.05, 0.1) is 11.3 Å². The molecule has 3 nitrogen and oxygen atoms in total. The molecule has 0 radical (unpaired) electrons. The van der Waals surface area contributed by atoms with Gasteiger partial charge in [-0.3, -0.25) is 4.99 Å². The summed E-state index contributed by atoms with van der Waals surface area (Å²) in [5.41, 5.74) is 0.263. The Labute approximate surface area is 122 Å². The molecule has 3 rings (SSSR count). The van der Waals surface area contributed by atoms with E-state index in [9.17, 15) is 19.0 Å². The third-order valence-corrected chi connectivity index (χ3v) is 4.62. The van der Waals surface area contributed by atoms with Crippen molar-refractivity contribution in [1.82, 2.24) is 0 Å². The van der Waals surface area contributed by atoms with Crippen LogP contribution in [0.3, 0.4) is 0 Å². The lowest BCUT2D eigenvalue weighted by molar-refractivity contribution is -0.0675. The number of alkyl halides is 2. The molecule has 114 valence electrons. The Morgan fingerprint density at radius 1 is 1.33 bits per heavy atom. The van der Waals surface area contributed by atoms with E-state index in [1.165, 1.54) is 6.07 Å². The lowest BCUT2D eigenvalue weighted by Gasteiger charge is -2.44. The van der Waals surface area contributed by atoms with Crippen molar-refractivity contribution in [3.63, 3.8) is 0 Å². The smallest absolute Gasteiger partial charge is 0.264 e. The van der Waals surface area contributed by atoms with Crippen molar-refractivity contribution >= 4 is 11.9 Å². The molecule has 1 heterocycles. The number of aliphatic imine (C=N–C) groups is 1. The molecule has 1 fully saturated rings. The number of nitrogens with zero attached hydrogens (tertiary/aromatic N) is 1. The van der Waals surface area contributed by atoms with E-state index in [1.807, 2.05) is 6.92 Å². The molecule has 5 heteroatoms. The van der Waals surface area contributed by atoms with Crippen LogP contribution in [0.25, 0.3) is 0 Å². The topological polar surface area (TPSA) is 52.8 Å². The van der Waals surface area contributed by atoms with E-state index < -0.39 is 12.0 Å². The summed E-state index contributed by atoms with van der Waals surface area (Å²) in [6.07, 6.45) is 1.93. The van der Waals surface area contributed by atoms with Gasteiger partial charge in [-0.25, -0.2) is 8.78 Å². The number of rotatable bonds is 2. The van der Waals surface area contributed by atoms with Gasteiger partial charge in [-0.05, 0) is 56.1 Å². The molecule has 1 aliphatic carbocycles. The highest BCUT2D eigenvalue weighted by Crippen LogP contribution is 2.45. The zero-order chi connectivity index (χ0) is 15.2. The lowest BCUT2D eigenvalue weighted by atomic mass is 9.65. The second-order valence-electron chi connectivity index (χ2n) is 6.48. The van der Waals surface area contributed by atoms with Crippen molar-refractivity contribution in [3.05, 3.63) is 23.3 Å². The highest BCUT2D eigenvalue weighted by molar-refractivity contribution is 5.71. The van der Waals surface area contributed by atoms with Crippen LogP contribution in [-0.2, 0) is 6.42 Å². The molecule has 1 aliphatic heterocycles. The van der Waals surface area contributed by atoms with E-state index in [0.29, 0.717) is 23.6 Å². The minimum absolute atomic E-state index is 0.122. The van der Waals surface area contributed by atoms with Crippen LogP contribution in [0.2, 0.25) is 0 Å². The van der Waals surface area contributed by atoms with Crippen molar-refractivity contribution in [1.29, 1.82) is 0 Å². The van der Waals surface area contributed by atoms with E-state index >= 15 is 0 Å². The molecule has 1 aromatic carbocycles. The molecule has 0 amide bonds. The van der Waals surface area contributed by atoms with Gasteiger partial charge in [0.25, 0.3) is 6.43 Å². The van der Waals surface area contributed by atoms with E-state index in [1.54, 1.807) is 6.21 Å². The zero-order valence-corrected chi connectivity index (χ0v) is 11.9. The molecule has 0 aromatic heterocycles. The predicted molar refractivity (Wildman–Crippen MR) is 76.4 cm³/mol. The van der Waals surface area contributed by atoms with Crippen molar-refractivity contribution in [2.75, 3.05) is 0 Å². The van der Waals surface area contributed by atoms with Crippen LogP contribution in [0.5, 0.6) is 5.75 Å². The van der Waals surface area contributed by atoms with Crippen LogP contribution in [0, 0.1) is 11.8 Å². The Bertz CT molecular complexity index is 576. The number of benzene rings is 1. The van der Waals surface area contributed by atoms with E-state index in [4.69, 9.17) is 0 Å². The summed E-state index contributed by atoms with van der Waals surface area (Å²) in [7, 11) is 0. The number of halogens is 2. The summed E-state index contributed by atoms with van der Waals surface area (Å²) in [6, 6.07) is 2.57. The number of fused-ring (bicyclic) bond motifs is 1. The summed E-state index contributed by atoms with van der Waals surface area (Å²) >= 11 is 0. The van der Waals surface area contributed by atoms with E-state index in [-0.39, 0.29) is 17.2 Å². The molecule has 21 heavy (non-hydrogen) atoms. The first-order chi connectivity index (χ1) is 9.85. The normalized spacial score (nSPS) is 31.7. The Hall–Kier alpha value is -1.49. The van der Waals surface area contributed by atoms with Gasteiger partial charge in [-0.2, -0.15) is 0 Å². The quantitative estimate of drug-likeness (QED) is 0.873. The standard InChI is InChI=1S/C16H19F2NO2/c1-16(21)6-10(7-16)9-2-3-12-13(15(17)18)4-11(20)5-14(12)19-8-9/h4-5,8-10,15,20-21H,2-3,6-7H2,1H3. The van der Waals surface area contributed by atoms with Crippen LogP contribution in [0.15, 0.2) is 17.1 Å². The SMILES string of the molecule is CC1(O)CC(C2C=Nc3cc(O)cc(C(F)F)c3CC2)C1. The summed E-state index contributed by atoms with van der Waals surface area (Å²) in [6.45, 7) is 1.82. The van der Waals surface area contributed by atoms with Gasteiger partial charge in [-0.15, -0.1) is 0 Å². The highest BCUT2D eigenvalue weighted by atomic mass is 19.3. The third-order valence-electron chi connectivity index (χ3n) is 4.62. The Morgan fingerprint density at radius 2 is 2.05 bits per heavy atom. The molecular formula is C16H19F2NO2. The van der Waals surface area contributed by atoms with Gasteiger partial charge >= 0.3 is 0 Å². The third kappa shape index (κ3) is 2.79. The predicted octanol–water partition coefficient (Wildman–Crippen LogP) is 3.76. The Morgan fingerprint density at radius 3 is 2.67 bits per heavy atom. The molecule has 1 atom stereocenters. The van der Waals surface area contributed by atoms with Crippen LogP contribution in [-0.4, -0.2) is 22.0 Å². The van der Waals surface area contributed by atoms with Gasteiger partial charge in [0, 0.05) is 17.8 Å². The summed E-state index contributed by atoms with van der Waals surface area (Å²) < 4.78 is 26.2. The maximum atomic E-state index is 13.1. The maximum Gasteiger partial charge on any atom is 0.264 e. The Balaban J connectivity index is 1.84. The summed E-state index contributed by atoms with van der Waals surface area (Å²) in [4.78, 5) is 4.32. The Kier molecular flexibility index (Phi) is 3.48. The average molecular weight is 295 g/mol. The van der Waals surface area contributed by atoms with Gasteiger partial charge < -0.3 is 10.2 Å². The first-order valence-electron chi connectivity index (χ1n) is 7.26. The lowest BCUT2D eigenvalue weighted by Crippen LogP contribution is -2.44. The first kappa shape index (κ1) is 14.4. The largest absolute Gasteiger partial charge is 0.508 e. The second-order valence-corrected chi connectivity index (χ2v) is 6.48. The fourth-order valence-corrected chi connectivity index (χ4v) is 3.54. The van der Waals surface area contributed by atoms with Crippen molar-refractivity contribution in [2.45, 2.75) is 44.6 Å². The first-order valence-corrected chi connectivity index (χ1v) is 7.26. The van der Waals surface area contributed by atoms with E-state index in [2.05, 4.69) is 4.99 Å². The van der Waals surface area contributed by atoms with Gasteiger partial charge in [0.2, 0.25) is 0 Å². The highest BCUT2D eigenvalue weighted by Gasteiger charge is 2.42. The molecule has 2 N–H and O–H groups in total. The summed E-state index contributed by atoms with van der Waals surface area (Å²) in [5.74, 6) is 0.387. The van der Waals surface area contributed by atoms with Gasteiger partial charge in [0.15, 0.2) is 0 Å². The van der Waals surface area contributed by atoms with Gasteiger partial charge in [-0.1, -0.05) is 0 Å². The minimum Gasteiger partial charge on any atom is -0.508 e. The number of hydrogen-bond acceptors (Lipinski definition) is 3. The summed E-state index contributed by atoms with van der Waals surface area (Å²) in [5, 5.41) is 19.4. The molecule has 1 saturated carbocycles. The number of aromatic hydroxyl groups is 1. The molecule has 2 aliphatic rings. The van der Waals surface area contributed by atoms with Crippen LogP contribution in [0.4, 0.5) is 14.5 Å². The fourth-order valence-electron chi connectivity index (χ4n) is 3.54. The zero-order valence-electron chi connectivity index (χ0n) is 11.9. The molecule has 0 bridgehead atoms. The molecule has 1 aromatic rings. The second kappa shape index (κ2) is 5.05. The molecular weight excluding hydrogens is 276 g/mol. The fraction of sp³-hybridized carbons (Fsp3) is 0.562. The van der Waals surface area contributed by atoms with Crippen molar-refractivity contribution in [3.8, 4) is 5.75 Å². The van der Waals surface area contributed by atoms with Crippen LogP contribution >= 0.6 is 0 Å². The monoisotopic (exact) mass is 295 g/mol. The van der Waals surface area contributed by atoms with Crippen LogP contribution in [0.1, 0.15) is 43.7 Å². The number of hydrogen-bond donors (Lipinski definition) is 2. The molecule has 1 unspecified atom stereocenters. The van der Waals surface area contributed by atoms with Crippen LogP contribution < -0.4 is 0 Å². The molecule has 0 saturated heterocycles. The van der Waals surface area contributed by atoms with Gasteiger partial charge in [0.1, 0.15) is 5.75 Å². The minimum atomic E-state index is -2.61. The van der Waals surface area contributed by atoms with Crippen molar-refractivity contribution < 1.29 is 19.0 Å². The number of aliphatic hydroxyl groups is 1. The van der Waals surface area contributed by atoms with Crippen molar-refractivity contribution in [2.24, 2.45) is 16.8 Å². The maximum absolute atomic E-state index is 13.1. The molecule has 0 spiro atoms. The van der Waals surface area contributed by atoms with E-state index in [0.717, 1.165) is 25.3 Å². The average Bonchev–Trinajstić information content (AvgIpc) is 2.57. The number of phenols is 1. The number of phenolic OH excluding ortho intramolecular Hbond substituents is 1.